The molecule has 2 aliphatic rings. The van der Waals surface area contributed by atoms with Crippen molar-refractivity contribution in [1.82, 2.24) is 9.62 Å². The van der Waals surface area contributed by atoms with Crippen molar-refractivity contribution in [3.63, 3.8) is 0 Å². The minimum Gasteiger partial charge on any atom is -0.396 e. The van der Waals surface area contributed by atoms with Crippen molar-refractivity contribution in [2.45, 2.75) is 62.8 Å². The van der Waals surface area contributed by atoms with Crippen LogP contribution in [0.5, 0.6) is 0 Å². The molecule has 0 spiro atoms. The topological polar surface area (TPSA) is 86.7 Å². The van der Waals surface area contributed by atoms with Gasteiger partial charge in [-0.3, -0.25) is 4.79 Å². The zero-order valence-electron chi connectivity index (χ0n) is 16.0. The highest BCUT2D eigenvalue weighted by atomic mass is 32.2. The van der Waals surface area contributed by atoms with Crippen LogP contribution in [0.1, 0.15) is 51.0 Å². The van der Waals surface area contributed by atoms with Crippen molar-refractivity contribution in [1.29, 1.82) is 0 Å². The average molecular weight is 395 g/mol. The minimum absolute atomic E-state index is 0.0889. The van der Waals surface area contributed by atoms with Gasteiger partial charge in [-0.05, 0) is 56.2 Å². The summed E-state index contributed by atoms with van der Waals surface area (Å²) in [4.78, 5) is 14.7. The highest BCUT2D eigenvalue weighted by Gasteiger charge is 2.35. The zero-order valence-corrected chi connectivity index (χ0v) is 16.8. The number of carbonyl (C=O) groups excluding carboxylic acids is 1. The molecule has 150 valence electrons. The lowest BCUT2D eigenvalue weighted by molar-refractivity contribution is -0.135. The van der Waals surface area contributed by atoms with Crippen molar-refractivity contribution in [3.8, 4) is 0 Å². The van der Waals surface area contributed by atoms with E-state index in [4.69, 9.17) is 0 Å². The summed E-state index contributed by atoms with van der Waals surface area (Å²) in [5, 5.41) is 9.71. The van der Waals surface area contributed by atoms with Crippen LogP contribution in [-0.4, -0.2) is 50.1 Å². The van der Waals surface area contributed by atoms with Crippen molar-refractivity contribution in [2.24, 2.45) is 5.41 Å². The van der Waals surface area contributed by atoms with Crippen LogP contribution in [0.2, 0.25) is 0 Å². The monoisotopic (exact) mass is 394 g/mol. The lowest BCUT2D eigenvalue weighted by Gasteiger charge is -2.41. The minimum atomic E-state index is -3.43. The molecule has 0 unspecified atom stereocenters. The summed E-state index contributed by atoms with van der Waals surface area (Å²) in [5.41, 5.74) is 0.799. The average Bonchev–Trinajstić information content (AvgIpc) is 3.49. The van der Waals surface area contributed by atoms with E-state index in [9.17, 15) is 18.3 Å². The smallest absolute Gasteiger partial charge is 0.240 e. The van der Waals surface area contributed by atoms with Crippen LogP contribution < -0.4 is 4.72 Å². The molecule has 1 amide bonds. The number of hydrogen-bond donors (Lipinski definition) is 2. The van der Waals surface area contributed by atoms with Crippen molar-refractivity contribution in [2.75, 3.05) is 19.7 Å². The number of piperidine rings is 1. The van der Waals surface area contributed by atoms with Crippen LogP contribution in [0.15, 0.2) is 29.2 Å². The first-order chi connectivity index (χ1) is 12.9. The summed E-state index contributed by atoms with van der Waals surface area (Å²) >= 11 is 0. The van der Waals surface area contributed by atoms with E-state index < -0.39 is 10.0 Å². The van der Waals surface area contributed by atoms with Crippen molar-refractivity contribution >= 4 is 15.9 Å². The lowest BCUT2D eigenvalue weighted by Crippen LogP contribution is -2.47. The van der Waals surface area contributed by atoms with Crippen LogP contribution in [0.4, 0.5) is 0 Å². The molecule has 0 radical (unpaired) electrons. The highest BCUT2D eigenvalue weighted by Crippen LogP contribution is 2.33. The molecule has 3 rings (SSSR count). The SMILES string of the molecule is CC[C@@]1(CO)CCCN(C(=O)CCc2ccc(S(=O)(=O)NC3CC3)cc2)C1. The van der Waals surface area contributed by atoms with Gasteiger partial charge in [0.05, 0.1) is 11.5 Å². The largest absolute Gasteiger partial charge is 0.396 e. The number of aryl methyl sites for hydroxylation is 1. The maximum Gasteiger partial charge on any atom is 0.240 e. The van der Waals surface area contributed by atoms with Crippen molar-refractivity contribution in [3.05, 3.63) is 29.8 Å². The van der Waals surface area contributed by atoms with Gasteiger partial charge < -0.3 is 10.0 Å². The molecule has 1 saturated heterocycles. The number of nitrogens with one attached hydrogen (secondary N) is 1. The molecule has 7 heteroatoms. The Labute approximate surface area is 162 Å². The Morgan fingerprint density at radius 1 is 1.30 bits per heavy atom. The van der Waals surface area contributed by atoms with Crippen LogP contribution in [0, 0.1) is 5.41 Å². The Morgan fingerprint density at radius 2 is 2.00 bits per heavy atom. The third-order valence-corrected chi connectivity index (χ3v) is 7.40. The first kappa shape index (κ1) is 20.3. The number of amides is 1. The number of rotatable bonds is 8. The maximum atomic E-state index is 12.6. The van der Waals surface area contributed by atoms with Crippen LogP contribution in [-0.2, 0) is 21.2 Å². The van der Waals surface area contributed by atoms with Crippen LogP contribution in [0.3, 0.4) is 0 Å². The van der Waals surface area contributed by atoms with Crippen LogP contribution >= 0.6 is 0 Å². The summed E-state index contributed by atoms with van der Waals surface area (Å²) in [6.45, 7) is 3.57. The highest BCUT2D eigenvalue weighted by molar-refractivity contribution is 7.89. The van der Waals surface area contributed by atoms with E-state index in [1.54, 1.807) is 24.3 Å². The van der Waals surface area contributed by atoms with Gasteiger partial charge in [-0.15, -0.1) is 0 Å². The molecule has 1 heterocycles. The Kier molecular flexibility index (Phi) is 6.23. The molecule has 1 aromatic rings. The van der Waals surface area contributed by atoms with E-state index in [1.165, 1.54) is 0 Å². The second-order valence-electron chi connectivity index (χ2n) is 7.97. The molecule has 27 heavy (non-hydrogen) atoms. The molecule has 1 saturated carbocycles. The third kappa shape index (κ3) is 5.09. The summed E-state index contributed by atoms with van der Waals surface area (Å²) in [6.07, 6.45) is 5.58. The second-order valence-corrected chi connectivity index (χ2v) is 9.68. The summed E-state index contributed by atoms with van der Waals surface area (Å²) in [6, 6.07) is 6.88. The molecule has 2 fully saturated rings. The van der Waals surface area contributed by atoms with E-state index in [-0.39, 0.29) is 28.9 Å². The number of nitrogens with zero attached hydrogens (tertiary/aromatic N) is 1. The van der Waals surface area contributed by atoms with Crippen molar-refractivity contribution < 1.29 is 18.3 Å². The molecule has 1 aliphatic carbocycles. The molecule has 1 atom stereocenters. The maximum absolute atomic E-state index is 12.6. The molecule has 0 bridgehead atoms. The number of aliphatic hydroxyl groups excluding tert-OH is 1. The number of hydrogen-bond acceptors (Lipinski definition) is 4. The fourth-order valence-electron chi connectivity index (χ4n) is 3.68. The standard InChI is InChI=1S/C20H30N2O4S/c1-2-20(15-23)12-3-13-22(14-20)19(24)11-6-16-4-9-18(10-5-16)27(25,26)21-17-7-8-17/h4-5,9-10,17,21,23H,2-3,6-8,11-15H2,1H3/t20-/m1/s1. The Morgan fingerprint density at radius 3 is 2.59 bits per heavy atom. The molecule has 1 aromatic carbocycles. The third-order valence-electron chi connectivity index (χ3n) is 5.86. The fourth-order valence-corrected chi connectivity index (χ4v) is 4.99. The van der Waals surface area contributed by atoms with Gasteiger partial charge in [0, 0.05) is 31.0 Å². The first-order valence-corrected chi connectivity index (χ1v) is 11.4. The van der Waals surface area contributed by atoms with E-state index in [1.807, 2.05) is 4.90 Å². The van der Waals surface area contributed by atoms with E-state index >= 15 is 0 Å². The summed E-state index contributed by atoms with van der Waals surface area (Å²) < 4.78 is 27.1. The number of carbonyl (C=O) groups is 1. The number of aliphatic hydroxyl groups is 1. The Bertz CT molecular complexity index is 753. The molecule has 1 aliphatic heterocycles. The zero-order chi connectivity index (χ0) is 19.5. The summed E-state index contributed by atoms with van der Waals surface area (Å²) in [7, 11) is -3.43. The molecule has 2 N–H and O–H groups in total. The van der Waals surface area contributed by atoms with Gasteiger partial charge in [0.1, 0.15) is 0 Å². The summed E-state index contributed by atoms with van der Waals surface area (Å²) in [5.74, 6) is 0.105. The number of sulfonamides is 1. The van der Waals surface area contributed by atoms with Gasteiger partial charge in [-0.1, -0.05) is 19.1 Å². The van der Waals surface area contributed by atoms with Gasteiger partial charge >= 0.3 is 0 Å². The molecule has 6 nitrogen and oxygen atoms in total. The first-order valence-electron chi connectivity index (χ1n) is 9.87. The Hall–Kier alpha value is -1.44. The molecular weight excluding hydrogens is 364 g/mol. The number of benzene rings is 1. The fraction of sp³-hybridized carbons (Fsp3) is 0.650. The van der Waals surface area contributed by atoms with Gasteiger partial charge in [0.2, 0.25) is 15.9 Å². The van der Waals surface area contributed by atoms with Crippen LogP contribution in [0.25, 0.3) is 0 Å². The van der Waals surface area contributed by atoms with Gasteiger partial charge in [-0.25, -0.2) is 13.1 Å². The molecule has 0 aromatic heterocycles. The normalized spacial score (nSPS) is 23.4. The number of likely N-dealkylation sites (tertiary alicyclic amines) is 1. The van der Waals surface area contributed by atoms with Gasteiger partial charge in [0.25, 0.3) is 0 Å². The second kappa shape index (κ2) is 8.29. The predicted molar refractivity (Wildman–Crippen MR) is 104 cm³/mol. The molecular formula is C20H30N2O4S. The predicted octanol–water partition coefficient (Wildman–Crippen LogP) is 2.07. The quantitative estimate of drug-likeness (QED) is 0.707. The Balaban J connectivity index is 1.54. The van der Waals surface area contributed by atoms with E-state index in [2.05, 4.69) is 11.6 Å². The van der Waals surface area contributed by atoms with E-state index in [0.717, 1.165) is 44.2 Å². The lowest BCUT2D eigenvalue weighted by atomic mass is 9.78. The van der Waals surface area contributed by atoms with E-state index in [0.29, 0.717) is 19.4 Å². The van der Waals surface area contributed by atoms with Gasteiger partial charge in [0.15, 0.2) is 0 Å². The van der Waals surface area contributed by atoms with Gasteiger partial charge in [-0.2, -0.15) is 0 Å².